The van der Waals surface area contributed by atoms with Crippen molar-refractivity contribution in [2.75, 3.05) is 26.4 Å². The minimum atomic E-state index is 0.751. The number of rotatable bonds is 0. The molecule has 0 aromatic heterocycles. The van der Waals surface area contributed by atoms with Crippen molar-refractivity contribution >= 4 is 31.9 Å². The molecule has 2 aromatic carbocycles. The quantitative estimate of drug-likeness (QED) is 0.283. The van der Waals surface area contributed by atoms with Crippen LogP contribution in [0.15, 0.2) is 45.3 Å². The third-order valence-corrected chi connectivity index (χ3v) is 8.53. The van der Waals surface area contributed by atoms with Gasteiger partial charge in [0.1, 0.15) is 31.9 Å². The summed E-state index contributed by atoms with van der Waals surface area (Å²) in [5, 5.41) is 0. The van der Waals surface area contributed by atoms with Gasteiger partial charge in [-0.2, -0.15) is 0 Å². The first-order valence-corrected chi connectivity index (χ1v) is 16.4. The van der Waals surface area contributed by atoms with Gasteiger partial charge in [-0.15, -0.1) is 0 Å². The molecule has 0 radical (unpaired) electrons. The molecule has 212 valence electrons. The van der Waals surface area contributed by atoms with Crippen molar-refractivity contribution in [3.05, 3.63) is 45.3 Å². The van der Waals surface area contributed by atoms with Crippen molar-refractivity contribution < 1.29 is 18.9 Å². The van der Waals surface area contributed by atoms with E-state index in [-0.39, 0.29) is 0 Å². The van der Waals surface area contributed by atoms with Gasteiger partial charge in [0.15, 0.2) is 0 Å². The summed E-state index contributed by atoms with van der Waals surface area (Å²) in [6.07, 6.45) is 19.4. The lowest BCUT2D eigenvalue weighted by molar-refractivity contribution is 0.283. The predicted octanol–water partition coefficient (Wildman–Crippen LogP) is 10.7. The minimum Gasteiger partial charge on any atom is -0.492 e. The van der Waals surface area contributed by atoms with E-state index in [1.165, 1.54) is 77.0 Å². The molecule has 4 nitrogen and oxygen atoms in total. The van der Waals surface area contributed by atoms with Crippen LogP contribution in [0.3, 0.4) is 0 Å². The smallest absolute Gasteiger partial charge is 0.137 e. The Kier molecular flexibility index (Phi) is 16.1. The molecular formula is C32H46Br2O4. The van der Waals surface area contributed by atoms with Gasteiger partial charge in [-0.25, -0.2) is 0 Å². The normalized spacial score (nSPS) is 18.6. The molecule has 0 unspecified atom stereocenters. The molecule has 6 heteroatoms. The molecule has 3 rings (SSSR count). The van der Waals surface area contributed by atoms with Gasteiger partial charge in [0.05, 0.1) is 26.4 Å². The second kappa shape index (κ2) is 19.6. The van der Waals surface area contributed by atoms with Gasteiger partial charge >= 0.3 is 0 Å². The summed E-state index contributed by atoms with van der Waals surface area (Å²) in [6, 6.07) is 12.1. The fraction of sp³-hybridized carbons (Fsp3) is 0.625. The van der Waals surface area contributed by atoms with Crippen molar-refractivity contribution in [1.29, 1.82) is 0 Å². The van der Waals surface area contributed by atoms with Crippen LogP contribution in [0.1, 0.15) is 103 Å². The first-order valence-electron chi connectivity index (χ1n) is 14.8. The van der Waals surface area contributed by atoms with Gasteiger partial charge in [-0.3, -0.25) is 0 Å². The zero-order chi connectivity index (χ0) is 26.7. The van der Waals surface area contributed by atoms with Gasteiger partial charge in [-0.05, 0) is 81.8 Å². The van der Waals surface area contributed by atoms with E-state index < -0.39 is 0 Å². The SMILES string of the molecule is Brc1c2cccc1OCCCCCCCCCCOc1cccc(c1Br)OCCCCCCCCCCO2. The Hall–Kier alpha value is -1.40. The maximum atomic E-state index is 6.05. The maximum absolute atomic E-state index is 6.05. The number of hydrogen-bond acceptors (Lipinski definition) is 4. The van der Waals surface area contributed by atoms with Crippen molar-refractivity contribution in [2.24, 2.45) is 0 Å². The van der Waals surface area contributed by atoms with Gasteiger partial charge < -0.3 is 18.9 Å². The zero-order valence-corrected chi connectivity index (χ0v) is 26.2. The van der Waals surface area contributed by atoms with Crippen LogP contribution in [0.5, 0.6) is 23.0 Å². The number of benzene rings is 2. The van der Waals surface area contributed by atoms with E-state index in [0.29, 0.717) is 0 Å². The summed E-state index contributed by atoms with van der Waals surface area (Å²) in [6.45, 7) is 3.00. The van der Waals surface area contributed by atoms with Crippen LogP contribution in [-0.4, -0.2) is 26.4 Å². The average Bonchev–Trinajstić information content (AvgIpc) is 2.92. The number of fused-ring (bicyclic) bond motifs is 4. The third-order valence-electron chi connectivity index (χ3n) is 6.96. The van der Waals surface area contributed by atoms with Gasteiger partial charge in [-0.1, -0.05) is 89.2 Å². The van der Waals surface area contributed by atoms with Crippen LogP contribution in [0.2, 0.25) is 0 Å². The summed E-state index contributed by atoms with van der Waals surface area (Å²) in [7, 11) is 0. The fourth-order valence-corrected chi connectivity index (χ4v) is 5.67. The molecule has 0 aliphatic carbocycles. The maximum Gasteiger partial charge on any atom is 0.137 e. The van der Waals surface area contributed by atoms with E-state index in [1.807, 2.05) is 36.4 Å². The number of ether oxygens (including phenoxy) is 4. The molecule has 0 saturated carbocycles. The minimum absolute atomic E-state index is 0.751. The van der Waals surface area contributed by atoms with Crippen LogP contribution in [0, 0.1) is 0 Å². The summed E-state index contributed by atoms with van der Waals surface area (Å²) in [5.74, 6) is 3.53. The summed E-state index contributed by atoms with van der Waals surface area (Å²) in [4.78, 5) is 0. The van der Waals surface area contributed by atoms with Gasteiger partial charge in [0.25, 0.3) is 0 Å². The van der Waals surface area contributed by atoms with Crippen LogP contribution in [0.25, 0.3) is 0 Å². The second-order valence-corrected chi connectivity index (χ2v) is 11.8. The Morgan fingerprint density at radius 2 is 0.553 bits per heavy atom. The second-order valence-electron chi connectivity index (χ2n) is 10.2. The lowest BCUT2D eigenvalue weighted by Crippen LogP contribution is -2.02. The van der Waals surface area contributed by atoms with Crippen LogP contribution in [0.4, 0.5) is 0 Å². The Bertz CT molecular complexity index is 767. The fourth-order valence-electron chi connectivity index (χ4n) is 4.69. The van der Waals surface area contributed by atoms with Crippen molar-refractivity contribution in [2.45, 2.75) is 103 Å². The molecule has 2 aromatic rings. The molecule has 1 heterocycles. The highest BCUT2D eigenvalue weighted by molar-refractivity contribution is 9.11. The van der Waals surface area contributed by atoms with Crippen molar-refractivity contribution in [3.8, 4) is 23.0 Å². The van der Waals surface area contributed by atoms with Gasteiger partial charge in [0.2, 0.25) is 0 Å². The van der Waals surface area contributed by atoms with Gasteiger partial charge in [0, 0.05) is 0 Å². The molecule has 0 amide bonds. The lowest BCUT2D eigenvalue weighted by atomic mass is 10.1. The molecule has 0 spiro atoms. The molecular weight excluding hydrogens is 608 g/mol. The molecule has 0 atom stereocenters. The predicted molar refractivity (Wildman–Crippen MR) is 164 cm³/mol. The Morgan fingerprint density at radius 3 is 0.789 bits per heavy atom. The number of halogens is 2. The van der Waals surface area contributed by atoms with E-state index in [0.717, 1.165) is 84.1 Å². The van der Waals surface area contributed by atoms with E-state index in [9.17, 15) is 0 Å². The topological polar surface area (TPSA) is 36.9 Å². The molecule has 0 N–H and O–H groups in total. The van der Waals surface area contributed by atoms with Crippen molar-refractivity contribution in [1.82, 2.24) is 0 Å². The van der Waals surface area contributed by atoms with Crippen molar-refractivity contribution in [3.63, 3.8) is 0 Å². The molecule has 0 saturated heterocycles. The summed E-state index contributed by atoms with van der Waals surface area (Å²) >= 11 is 7.37. The number of hydrogen-bond donors (Lipinski definition) is 0. The van der Waals surface area contributed by atoms with Crippen LogP contribution >= 0.6 is 31.9 Å². The zero-order valence-electron chi connectivity index (χ0n) is 23.0. The van der Waals surface area contributed by atoms with Crippen LogP contribution < -0.4 is 18.9 Å². The van der Waals surface area contributed by atoms with E-state index in [2.05, 4.69) is 31.9 Å². The Morgan fingerprint density at radius 1 is 0.342 bits per heavy atom. The highest BCUT2D eigenvalue weighted by Gasteiger charge is 2.09. The van der Waals surface area contributed by atoms with E-state index >= 15 is 0 Å². The molecule has 0 fully saturated rings. The van der Waals surface area contributed by atoms with Crippen LogP contribution in [-0.2, 0) is 0 Å². The summed E-state index contributed by atoms with van der Waals surface area (Å²) < 4.78 is 26.1. The monoisotopic (exact) mass is 652 g/mol. The largest absolute Gasteiger partial charge is 0.492 e. The molecule has 38 heavy (non-hydrogen) atoms. The Balaban J connectivity index is 1.42. The summed E-state index contributed by atoms with van der Waals surface area (Å²) in [5.41, 5.74) is 0. The Labute approximate surface area is 247 Å². The van der Waals surface area contributed by atoms with E-state index in [4.69, 9.17) is 18.9 Å². The third kappa shape index (κ3) is 12.2. The molecule has 4 bridgehead atoms. The highest BCUT2D eigenvalue weighted by Crippen LogP contribution is 2.35. The highest BCUT2D eigenvalue weighted by atomic mass is 79.9. The molecule has 1 aliphatic rings. The lowest BCUT2D eigenvalue weighted by Gasteiger charge is -2.13. The first-order chi connectivity index (χ1) is 18.8. The standard InChI is InChI=1S/C32H46Br2O4/c33-31-27-19-17-21-29(31)37-25-15-11-7-3-4-8-12-16-26-38-30-22-18-20-28(32(30)34)36-24-14-10-6-2-1-5-9-13-23-35-27/h17-22H,1-16,23-26H2. The average molecular weight is 655 g/mol. The molecule has 1 aliphatic heterocycles. The van der Waals surface area contributed by atoms with E-state index in [1.54, 1.807) is 0 Å². The first kappa shape index (κ1) is 31.1.